The Bertz CT molecular complexity index is 146. The minimum atomic E-state index is -1.21. The Hall–Kier alpha value is -0.200. The summed E-state index contributed by atoms with van der Waals surface area (Å²) in [4.78, 5) is 0. The average Bonchev–Trinajstić information content (AvgIpc) is 2.08. The number of methoxy groups -OCH3 is 1. The lowest BCUT2D eigenvalue weighted by molar-refractivity contribution is -0.286. The quantitative estimate of drug-likeness (QED) is 0.453. The molecule has 5 atom stereocenters. The third kappa shape index (κ3) is 1.60. The van der Waals surface area contributed by atoms with Crippen molar-refractivity contribution in [2.45, 2.75) is 37.6 Å². The van der Waals surface area contributed by atoms with Crippen LogP contribution in [0.25, 0.3) is 0 Å². The minimum Gasteiger partial charge on any atom is -0.388 e. The summed E-state index contributed by atoms with van der Waals surface area (Å²) in [7, 11) is 1.37. The molecule has 0 aliphatic carbocycles. The molecule has 1 heterocycles. The number of hydrogen-bond acceptors (Lipinski definition) is 5. The number of rotatable bonds is 1. The van der Waals surface area contributed by atoms with Gasteiger partial charge in [-0.05, 0) is 6.92 Å². The molecular formula is C7H14O5. The van der Waals surface area contributed by atoms with Crippen molar-refractivity contribution >= 4 is 0 Å². The van der Waals surface area contributed by atoms with Crippen LogP contribution in [0.2, 0.25) is 0 Å². The van der Waals surface area contributed by atoms with E-state index in [-0.39, 0.29) is 0 Å². The smallest absolute Gasteiger partial charge is 0.186 e. The first-order valence-electron chi connectivity index (χ1n) is 3.80. The van der Waals surface area contributed by atoms with Crippen molar-refractivity contribution in [1.82, 2.24) is 0 Å². The van der Waals surface area contributed by atoms with Crippen molar-refractivity contribution in [1.29, 1.82) is 0 Å². The standard InChI is InChI=1S/C7H14O5/c1-3-4(8)5(9)6(10)7(11-2)12-3/h3-10H,1-2H3/t3-,4+,5-,6+,7-/m1/s1. The zero-order valence-electron chi connectivity index (χ0n) is 7.04. The highest BCUT2D eigenvalue weighted by Gasteiger charge is 2.41. The molecule has 1 rings (SSSR count). The van der Waals surface area contributed by atoms with E-state index in [0.717, 1.165) is 0 Å². The van der Waals surface area contributed by atoms with E-state index in [2.05, 4.69) is 0 Å². The molecule has 1 aliphatic rings. The molecule has 1 fully saturated rings. The summed E-state index contributed by atoms with van der Waals surface area (Å²) in [6, 6.07) is 0. The molecule has 0 aromatic rings. The predicted molar refractivity (Wildman–Crippen MR) is 39.4 cm³/mol. The van der Waals surface area contributed by atoms with Gasteiger partial charge in [-0.25, -0.2) is 0 Å². The van der Waals surface area contributed by atoms with Crippen LogP contribution in [0.1, 0.15) is 6.92 Å². The molecule has 5 nitrogen and oxygen atoms in total. The summed E-state index contributed by atoms with van der Waals surface area (Å²) in [5.41, 5.74) is 0. The Morgan fingerprint density at radius 2 is 1.67 bits per heavy atom. The van der Waals surface area contributed by atoms with Gasteiger partial charge in [0.1, 0.15) is 18.3 Å². The molecule has 0 radical (unpaired) electrons. The van der Waals surface area contributed by atoms with E-state index in [4.69, 9.17) is 9.47 Å². The second-order valence-electron chi connectivity index (χ2n) is 2.92. The van der Waals surface area contributed by atoms with Crippen LogP contribution < -0.4 is 0 Å². The Labute approximate surface area is 70.5 Å². The van der Waals surface area contributed by atoms with Crippen LogP contribution in [-0.2, 0) is 9.47 Å². The molecule has 0 aromatic heterocycles. The van der Waals surface area contributed by atoms with Gasteiger partial charge in [0.2, 0.25) is 0 Å². The van der Waals surface area contributed by atoms with Crippen LogP contribution in [0, 0.1) is 0 Å². The molecule has 0 unspecified atom stereocenters. The summed E-state index contributed by atoms with van der Waals surface area (Å²) in [6.45, 7) is 1.60. The fraction of sp³-hybridized carbons (Fsp3) is 1.00. The summed E-state index contributed by atoms with van der Waals surface area (Å²) >= 11 is 0. The molecule has 12 heavy (non-hydrogen) atoms. The summed E-state index contributed by atoms with van der Waals surface area (Å²) in [6.07, 6.45) is -4.86. The van der Waals surface area contributed by atoms with Crippen molar-refractivity contribution in [3.63, 3.8) is 0 Å². The van der Waals surface area contributed by atoms with Gasteiger partial charge >= 0.3 is 0 Å². The minimum absolute atomic E-state index is 0.534. The molecule has 1 saturated heterocycles. The van der Waals surface area contributed by atoms with E-state index in [1.807, 2.05) is 0 Å². The SMILES string of the molecule is CO[C@@H]1O[C@H](C)[C@H](O)[C@@H](O)[C@@H]1O. The topological polar surface area (TPSA) is 79.2 Å². The maximum atomic E-state index is 9.27. The van der Waals surface area contributed by atoms with Crippen molar-refractivity contribution in [2.75, 3.05) is 7.11 Å². The summed E-state index contributed by atoms with van der Waals surface area (Å²) in [5, 5.41) is 27.8. The van der Waals surface area contributed by atoms with E-state index in [0.29, 0.717) is 0 Å². The van der Waals surface area contributed by atoms with Crippen LogP contribution in [-0.4, -0.2) is 53.1 Å². The Morgan fingerprint density at radius 3 is 2.17 bits per heavy atom. The Morgan fingerprint density at radius 1 is 1.08 bits per heavy atom. The van der Waals surface area contributed by atoms with E-state index in [9.17, 15) is 15.3 Å². The number of aliphatic hydroxyl groups excluding tert-OH is 3. The lowest BCUT2D eigenvalue weighted by Gasteiger charge is -2.38. The number of ether oxygens (including phenoxy) is 2. The van der Waals surface area contributed by atoms with Gasteiger partial charge in [-0.2, -0.15) is 0 Å². The van der Waals surface area contributed by atoms with Gasteiger partial charge in [0.25, 0.3) is 0 Å². The van der Waals surface area contributed by atoms with Crippen LogP contribution in [0.5, 0.6) is 0 Å². The maximum Gasteiger partial charge on any atom is 0.186 e. The second kappa shape index (κ2) is 3.68. The molecule has 0 saturated carbocycles. The normalized spacial score (nSPS) is 49.2. The average molecular weight is 178 g/mol. The maximum absolute atomic E-state index is 9.27. The molecular weight excluding hydrogens is 164 g/mol. The Kier molecular flexibility index (Phi) is 3.03. The van der Waals surface area contributed by atoms with Gasteiger partial charge in [-0.15, -0.1) is 0 Å². The lowest BCUT2D eigenvalue weighted by atomic mass is 10.0. The van der Waals surface area contributed by atoms with Gasteiger partial charge in [0, 0.05) is 7.11 Å². The van der Waals surface area contributed by atoms with Gasteiger partial charge < -0.3 is 24.8 Å². The molecule has 0 bridgehead atoms. The largest absolute Gasteiger partial charge is 0.388 e. The second-order valence-corrected chi connectivity index (χ2v) is 2.92. The first-order valence-corrected chi connectivity index (χ1v) is 3.80. The van der Waals surface area contributed by atoms with E-state index in [1.54, 1.807) is 6.92 Å². The third-order valence-corrected chi connectivity index (χ3v) is 2.04. The fourth-order valence-corrected chi connectivity index (χ4v) is 1.21. The van der Waals surface area contributed by atoms with Gasteiger partial charge in [-0.1, -0.05) is 0 Å². The molecule has 1 aliphatic heterocycles. The number of hydrogen-bond donors (Lipinski definition) is 3. The van der Waals surface area contributed by atoms with Gasteiger partial charge in [0.05, 0.1) is 6.10 Å². The van der Waals surface area contributed by atoms with E-state index in [1.165, 1.54) is 7.11 Å². The molecule has 0 aromatic carbocycles. The lowest BCUT2D eigenvalue weighted by Crippen LogP contribution is -2.57. The molecule has 72 valence electrons. The molecule has 0 spiro atoms. The van der Waals surface area contributed by atoms with Crippen molar-refractivity contribution < 1.29 is 24.8 Å². The molecule has 3 N–H and O–H groups in total. The van der Waals surface area contributed by atoms with Gasteiger partial charge in [0.15, 0.2) is 6.29 Å². The van der Waals surface area contributed by atoms with E-state index >= 15 is 0 Å². The van der Waals surface area contributed by atoms with Crippen LogP contribution >= 0.6 is 0 Å². The van der Waals surface area contributed by atoms with Gasteiger partial charge in [-0.3, -0.25) is 0 Å². The Balaban J connectivity index is 2.63. The first kappa shape index (κ1) is 9.88. The van der Waals surface area contributed by atoms with Crippen LogP contribution in [0.15, 0.2) is 0 Å². The summed E-state index contributed by atoms with van der Waals surface area (Å²) in [5.74, 6) is 0. The monoisotopic (exact) mass is 178 g/mol. The highest BCUT2D eigenvalue weighted by Crippen LogP contribution is 2.20. The van der Waals surface area contributed by atoms with Crippen molar-refractivity contribution in [3.05, 3.63) is 0 Å². The molecule has 5 heteroatoms. The number of aliphatic hydroxyl groups is 3. The van der Waals surface area contributed by atoms with Crippen molar-refractivity contribution in [3.8, 4) is 0 Å². The zero-order chi connectivity index (χ0) is 9.30. The highest BCUT2D eigenvalue weighted by atomic mass is 16.7. The highest BCUT2D eigenvalue weighted by molar-refractivity contribution is 4.86. The molecule has 0 amide bonds. The fourth-order valence-electron chi connectivity index (χ4n) is 1.21. The summed E-state index contributed by atoms with van der Waals surface area (Å²) < 4.78 is 9.80. The van der Waals surface area contributed by atoms with Crippen molar-refractivity contribution in [2.24, 2.45) is 0 Å². The zero-order valence-corrected chi connectivity index (χ0v) is 7.04. The predicted octanol–water partition coefficient (Wildman–Crippen LogP) is -1.54. The third-order valence-electron chi connectivity index (χ3n) is 2.04. The van der Waals surface area contributed by atoms with Crippen LogP contribution in [0.3, 0.4) is 0 Å². The van der Waals surface area contributed by atoms with E-state index < -0.39 is 30.7 Å². The van der Waals surface area contributed by atoms with Crippen LogP contribution in [0.4, 0.5) is 0 Å². The first-order chi connectivity index (χ1) is 5.57.